The van der Waals surface area contributed by atoms with E-state index < -0.39 is 11.8 Å². The van der Waals surface area contributed by atoms with Crippen molar-refractivity contribution in [1.82, 2.24) is 9.97 Å². The molecule has 0 amide bonds. The Balaban J connectivity index is 2.07. The Morgan fingerprint density at radius 2 is 1.93 bits per heavy atom. The number of benzene rings is 2. The lowest BCUT2D eigenvalue weighted by molar-refractivity contribution is 0.0595. The van der Waals surface area contributed by atoms with Crippen molar-refractivity contribution >= 4 is 38.3 Å². The Kier molecular flexibility index (Phi) is 6.96. The van der Waals surface area contributed by atoms with E-state index in [2.05, 4.69) is 29.8 Å². The van der Waals surface area contributed by atoms with Crippen LogP contribution in [0.1, 0.15) is 16.1 Å². The minimum Gasteiger partial charge on any atom is -0.464 e. The van der Waals surface area contributed by atoms with Crippen molar-refractivity contribution in [3.63, 3.8) is 0 Å². The zero-order chi connectivity index (χ0) is 20.8. The van der Waals surface area contributed by atoms with Gasteiger partial charge < -0.3 is 15.4 Å². The number of esters is 1. The van der Waals surface area contributed by atoms with Gasteiger partial charge in [-0.25, -0.2) is 19.2 Å². The van der Waals surface area contributed by atoms with Crippen LogP contribution in [0, 0.1) is 5.82 Å². The zero-order valence-corrected chi connectivity index (χ0v) is 17.5. The third-order valence-corrected chi connectivity index (χ3v) is 4.56. The van der Waals surface area contributed by atoms with Crippen LogP contribution in [0.4, 0.5) is 15.9 Å². The first-order chi connectivity index (χ1) is 14.0. The molecule has 3 rings (SSSR count). The van der Waals surface area contributed by atoms with Gasteiger partial charge in [0.1, 0.15) is 11.5 Å². The molecule has 0 bridgehead atoms. The molecule has 1 atom stereocenters. The average Bonchev–Trinajstić information content (AvgIpc) is 2.74. The minimum atomic E-state index is -0.634. The van der Waals surface area contributed by atoms with Gasteiger partial charge in [0.2, 0.25) is 0 Å². The van der Waals surface area contributed by atoms with Gasteiger partial charge >= 0.3 is 5.97 Å². The molecule has 0 spiro atoms. The average molecular weight is 433 g/mol. The molecule has 0 saturated carbocycles. The Labute approximate surface area is 175 Å². The summed E-state index contributed by atoms with van der Waals surface area (Å²) >= 11 is 5.76. The van der Waals surface area contributed by atoms with Gasteiger partial charge in [-0.3, -0.25) is 0 Å². The first kappa shape index (κ1) is 21.0. The maximum atomic E-state index is 13.9. The summed E-state index contributed by atoms with van der Waals surface area (Å²) in [5.41, 5.74) is 1.86. The molecular weight excluding hydrogens is 414 g/mol. The molecule has 0 saturated heterocycles. The third-order valence-electron chi connectivity index (χ3n) is 4.05. The Hall–Kier alpha value is -2.76. The van der Waals surface area contributed by atoms with Gasteiger partial charge in [0.05, 0.1) is 12.1 Å². The van der Waals surface area contributed by atoms with Crippen LogP contribution in [0.25, 0.3) is 11.4 Å². The molecule has 1 aromatic heterocycles. The summed E-state index contributed by atoms with van der Waals surface area (Å²) in [6, 6.07) is 13.9. The van der Waals surface area contributed by atoms with E-state index in [-0.39, 0.29) is 16.5 Å². The lowest BCUT2D eigenvalue weighted by Gasteiger charge is -2.16. The van der Waals surface area contributed by atoms with E-state index in [1.807, 2.05) is 30.3 Å². The van der Waals surface area contributed by atoms with Crippen molar-refractivity contribution in [2.24, 2.45) is 0 Å². The Morgan fingerprint density at radius 1 is 1.17 bits per heavy atom. The number of nitrogens with zero attached hydrogens (tertiary/aromatic N) is 2. The van der Waals surface area contributed by atoms with Gasteiger partial charge in [0, 0.05) is 18.4 Å². The molecule has 0 fully saturated rings. The van der Waals surface area contributed by atoms with Crippen molar-refractivity contribution in [3.05, 3.63) is 70.6 Å². The molecule has 2 N–H and O–H groups in total. The van der Waals surface area contributed by atoms with Crippen LogP contribution < -0.4 is 10.6 Å². The second-order valence-corrected chi connectivity index (χ2v) is 6.78. The third kappa shape index (κ3) is 5.00. The number of rotatable bonds is 7. The van der Waals surface area contributed by atoms with E-state index in [0.717, 1.165) is 5.56 Å². The molecule has 2 aromatic carbocycles. The summed E-state index contributed by atoms with van der Waals surface area (Å²) in [5.74, 6) is -0.659. The molecule has 0 aliphatic heterocycles. The van der Waals surface area contributed by atoms with E-state index in [0.29, 0.717) is 29.9 Å². The topological polar surface area (TPSA) is 76.1 Å². The SMILES string of the molecule is COC(=O)c1nc(-c2ccc(Cl)c(F)c2)nc(NCP)c1NCc1ccccc1. The van der Waals surface area contributed by atoms with Crippen LogP contribution >= 0.6 is 20.8 Å². The van der Waals surface area contributed by atoms with Crippen molar-refractivity contribution in [2.45, 2.75) is 6.54 Å². The zero-order valence-electron chi connectivity index (χ0n) is 15.6. The van der Waals surface area contributed by atoms with E-state index in [1.54, 1.807) is 6.07 Å². The second kappa shape index (κ2) is 9.63. The fourth-order valence-corrected chi connectivity index (χ4v) is 2.96. The lowest BCUT2D eigenvalue weighted by atomic mass is 10.2. The molecule has 1 unspecified atom stereocenters. The van der Waals surface area contributed by atoms with Gasteiger partial charge in [0.25, 0.3) is 0 Å². The van der Waals surface area contributed by atoms with E-state index >= 15 is 0 Å². The molecule has 6 nitrogen and oxygen atoms in total. The molecule has 1 heterocycles. The predicted octanol–water partition coefficient (Wildman–Crippen LogP) is 4.58. The first-order valence-electron chi connectivity index (χ1n) is 8.71. The van der Waals surface area contributed by atoms with Crippen LogP contribution in [0.2, 0.25) is 5.02 Å². The van der Waals surface area contributed by atoms with Gasteiger partial charge in [0.15, 0.2) is 17.3 Å². The number of carbonyl (C=O) groups excluding carboxylic acids is 1. The summed E-state index contributed by atoms with van der Waals surface area (Å²) < 4.78 is 18.8. The molecular formula is C20H19ClFN4O2P. The predicted molar refractivity (Wildman–Crippen MR) is 116 cm³/mol. The summed E-state index contributed by atoms with van der Waals surface area (Å²) in [5, 5.41) is 6.29. The van der Waals surface area contributed by atoms with Gasteiger partial charge in [-0.2, -0.15) is 0 Å². The second-order valence-electron chi connectivity index (χ2n) is 5.96. The summed E-state index contributed by atoms with van der Waals surface area (Å²) in [6.45, 7) is 0.453. The number of hydrogen-bond acceptors (Lipinski definition) is 6. The highest BCUT2D eigenvalue weighted by atomic mass is 35.5. The number of nitrogens with one attached hydrogen (secondary N) is 2. The summed E-state index contributed by atoms with van der Waals surface area (Å²) in [7, 11) is 3.80. The van der Waals surface area contributed by atoms with E-state index in [9.17, 15) is 9.18 Å². The maximum absolute atomic E-state index is 13.9. The Bertz CT molecular complexity index is 1020. The number of aromatic nitrogens is 2. The number of halogens is 2. The number of anilines is 2. The largest absolute Gasteiger partial charge is 0.464 e. The van der Waals surface area contributed by atoms with Crippen molar-refractivity contribution in [2.75, 3.05) is 24.0 Å². The van der Waals surface area contributed by atoms with E-state index in [4.69, 9.17) is 16.3 Å². The highest BCUT2D eigenvalue weighted by Crippen LogP contribution is 2.30. The smallest absolute Gasteiger partial charge is 0.359 e. The standard InChI is InChI=1S/C20H19ClFN4O2P/c1-28-20(27)17-16(23-10-12-5-3-2-4-6-12)19(24-11-29)26-18(25-17)13-7-8-14(21)15(22)9-13/h2-9,23H,10-11,29H2,1H3,(H,24,25,26). The highest BCUT2D eigenvalue weighted by molar-refractivity contribution is 7.16. The normalized spacial score (nSPS) is 10.5. The van der Waals surface area contributed by atoms with Gasteiger partial charge in [-0.05, 0) is 23.8 Å². The first-order valence-corrected chi connectivity index (χ1v) is 9.90. The van der Waals surface area contributed by atoms with Crippen molar-refractivity contribution < 1.29 is 13.9 Å². The molecule has 0 aliphatic rings. The van der Waals surface area contributed by atoms with Crippen LogP contribution in [0.15, 0.2) is 48.5 Å². The summed E-state index contributed by atoms with van der Waals surface area (Å²) in [6.07, 6.45) is 0.478. The number of ether oxygens (including phenoxy) is 1. The Morgan fingerprint density at radius 3 is 2.59 bits per heavy atom. The number of methoxy groups -OCH3 is 1. The monoisotopic (exact) mass is 432 g/mol. The minimum absolute atomic E-state index is 0.00797. The van der Waals surface area contributed by atoms with Gasteiger partial charge in [-0.15, -0.1) is 9.24 Å². The number of hydrogen-bond donors (Lipinski definition) is 2. The highest BCUT2D eigenvalue weighted by Gasteiger charge is 2.22. The van der Waals surface area contributed by atoms with Crippen LogP contribution in [0.3, 0.4) is 0 Å². The molecule has 150 valence electrons. The van der Waals surface area contributed by atoms with Crippen LogP contribution in [-0.2, 0) is 11.3 Å². The molecule has 3 aromatic rings. The molecule has 9 heteroatoms. The fraction of sp³-hybridized carbons (Fsp3) is 0.150. The van der Waals surface area contributed by atoms with E-state index in [1.165, 1.54) is 19.2 Å². The lowest BCUT2D eigenvalue weighted by Crippen LogP contribution is -2.15. The van der Waals surface area contributed by atoms with Gasteiger partial charge in [-0.1, -0.05) is 41.9 Å². The fourth-order valence-electron chi connectivity index (χ4n) is 2.65. The quantitative estimate of drug-likeness (QED) is 0.420. The molecule has 0 radical (unpaired) electrons. The molecule has 0 aliphatic carbocycles. The number of carbonyl (C=O) groups is 1. The maximum Gasteiger partial charge on any atom is 0.359 e. The van der Waals surface area contributed by atoms with Crippen molar-refractivity contribution in [3.8, 4) is 11.4 Å². The van der Waals surface area contributed by atoms with Crippen LogP contribution in [-0.4, -0.2) is 29.3 Å². The molecule has 29 heavy (non-hydrogen) atoms. The van der Waals surface area contributed by atoms with Crippen molar-refractivity contribution in [1.29, 1.82) is 0 Å². The van der Waals surface area contributed by atoms with Crippen LogP contribution in [0.5, 0.6) is 0 Å². The summed E-state index contributed by atoms with van der Waals surface area (Å²) in [4.78, 5) is 21.2.